The number of carboxylic acid groups (broad SMARTS) is 1. The highest BCUT2D eigenvalue weighted by molar-refractivity contribution is 7.15. The molecule has 10 heteroatoms. The van der Waals surface area contributed by atoms with E-state index in [1.165, 1.54) is 34.4 Å². The van der Waals surface area contributed by atoms with E-state index in [0.29, 0.717) is 27.4 Å². The number of hydrogen-bond acceptors (Lipinski definition) is 5. The second kappa shape index (κ2) is 8.03. The SMILES string of the molecule is Cc1nc(-c2ccc(C(F)(F)F)cc2)sc1COc1ccc2c(c1)ncn2CC(=O)O. The van der Waals surface area contributed by atoms with E-state index in [2.05, 4.69) is 9.97 Å². The molecule has 4 rings (SSSR count). The number of ether oxygens (including phenoxy) is 1. The fourth-order valence-electron chi connectivity index (χ4n) is 3.04. The molecule has 0 bridgehead atoms. The predicted molar refractivity (Wildman–Crippen MR) is 109 cm³/mol. The van der Waals surface area contributed by atoms with Gasteiger partial charge in [0.1, 0.15) is 23.9 Å². The molecule has 0 aliphatic heterocycles. The number of imidazole rings is 1. The monoisotopic (exact) mass is 447 g/mol. The van der Waals surface area contributed by atoms with Crippen LogP contribution in [0.1, 0.15) is 16.1 Å². The number of thiazole rings is 1. The van der Waals surface area contributed by atoms with Gasteiger partial charge in [-0.1, -0.05) is 12.1 Å². The maximum atomic E-state index is 12.7. The van der Waals surface area contributed by atoms with Crippen molar-refractivity contribution in [2.75, 3.05) is 0 Å². The Bertz CT molecular complexity index is 1250. The summed E-state index contributed by atoms with van der Waals surface area (Å²) in [6.45, 7) is 1.88. The molecule has 2 heterocycles. The van der Waals surface area contributed by atoms with Crippen LogP contribution in [-0.2, 0) is 24.1 Å². The van der Waals surface area contributed by atoms with Gasteiger partial charge in [0, 0.05) is 11.6 Å². The summed E-state index contributed by atoms with van der Waals surface area (Å²) in [5.41, 5.74) is 1.96. The molecular formula is C21H16F3N3O3S. The molecule has 0 amide bonds. The van der Waals surface area contributed by atoms with E-state index in [1.807, 2.05) is 6.92 Å². The molecule has 0 unspecified atom stereocenters. The van der Waals surface area contributed by atoms with E-state index in [0.717, 1.165) is 22.7 Å². The molecule has 0 spiro atoms. The average molecular weight is 447 g/mol. The predicted octanol–water partition coefficient (Wildman–Crippen LogP) is 5.15. The first-order chi connectivity index (χ1) is 14.7. The lowest BCUT2D eigenvalue weighted by molar-refractivity contribution is -0.138. The van der Waals surface area contributed by atoms with Crippen molar-refractivity contribution >= 4 is 28.3 Å². The minimum atomic E-state index is -4.37. The third kappa shape index (κ3) is 4.53. The van der Waals surface area contributed by atoms with Crippen molar-refractivity contribution in [1.29, 1.82) is 0 Å². The number of aromatic nitrogens is 3. The Morgan fingerprint density at radius 2 is 1.94 bits per heavy atom. The van der Waals surface area contributed by atoms with Gasteiger partial charge < -0.3 is 14.4 Å². The van der Waals surface area contributed by atoms with Gasteiger partial charge in [0.25, 0.3) is 0 Å². The van der Waals surface area contributed by atoms with Crippen LogP contribution in [0.15, 0.2) is 48.8 Å². The van der Waals surface area contributed by atoms with Crippen molar-refractivity contribution in [3.05, 3.63) is 64.9 Å². The van der Waals surface area contributed by atoms with Gasteiger partial charge in [0.2, 0.25) is 0 Å². The molecule has 0 aliphatic rings. The molecule has 0 fully saturated rings. The van der Waals surface area contributed by atoms with Crippen LogP contribution >= 0.6 is 11.3 Å². The summed E-state index contributed by atoms with van der Waals surface area (Å²) in [6.07, 6.45) is -2.91. The van der Waals surface area contributed by atoms with Gasteiger partial charge in [0.05, 0.1) is 33.5 Å². The summed E-state index contributed by atoms with van der Waals surface area (Å²) in [4.78, 5) is 20.4. The van der Waals surface area contributed by atoms with Crippen molar-refractivity contribution in [3.8, 4) is 16.3 Å². The van der Waals surface area contributed by atoms with Crippen LogP contribution in [0.4, 0.5) is 13.2 Å². The molecule has 31 heavy (non-hydrogen) atoms. The number of carbonyl (C=O) groups is 1. The van der Waals surface area contributed by atoms with Crippen LogP contribution in [0.3, 0.4) is 0 Å². The third-order valence-corrected chi connectivity index (χ3v) is 5.80. The molecule has 0 aliphatic carbocycles. The van der Waals surface area contributed by atoms with Gasteiger partial charge in [-0.15, -0.1) is 11.3 Å². The van der Waals surface area contributed by atoms with E-state index in [1.54, 1.807) is 18.2 Å². The molecule has 6 nitrogen and oxygen atoms in total. The zero-order valence-electron chi connectivity index (χ0n) is 16.2. The Hall–Kier alpha value is -3.40. The van der Waals surface area contributed by atoms with Crippen molar-refractivity contribution < 1.29 is 27.8 Å². The Balaban J connectivity index is 1.48. The first-order valence-corrected chi connectivity index (χ1v) is 9.96. The van der Waals surface area contributed by atoms with Crippen molar-refractivity contribution in [2.24, 2.45) is 0 Å². The maximum absolute atomic E-state index is 12.7. The number of halogens is 3. The second-order valence-corrected chi connectivity index (χ2v) is 7.89. The van der Waals surface area contributed by atoms with E-state index < -0.39 is 17.7 Å². The average Bonchev–Trinajstić information content (AvgIpc) is 3.28. The lowest BCUT2D eigenvalue weighted by atomic mass is 10.1. The Labute approximate surface area is 178 Å². The molecule has 4 aromatic rings. The maximum Gasteiger partial charge on any atom is 0.416 e. The summed E-state index contributed by atoms with van der Waals surface area (Å²) in [7, 11) is 0. The highest BCUT2D eigenvalue weighted by Gasteiger charge is 2.30. The second-order valence-electron chi connectivity index (χ2n) is 6.81. The van der Waals surface area contributed by atoms with Gasteiger partial charge in [-0.05, 0) is 31.2 Å². The van der Waals surface area contributed by atoms with Crippen LogP contribution in [0.2, 0.25) is 0 Å². The van der Waals surface area contributed by atoms with Gasteiger partial charge in [-0.2, -0.15) is 13.2 Å². The lowest BCUT2D eigenvalue weighted by Gasteiger charge is -2.06. The van der Waals surface area contributed by atoms with Crippen LogP contribution < -0.4 is 4.74 Å². The lowest BCUT2D eigenvalue weighted by Crippen LogP contribution is -2.07. The molecule has 0 atom stereocenters. The van der Waals surface area contributed by atoms with Crippen LogP contribution in [0.25, 0.3) is 21.6 Å². The van der Waals surface area contributed by atoms with Crippen molar-refractivity contribution in [3.63, 3.8) is 0 Å². The number of aryl methyl sites for hydroxylation is 1. The number of hydrogen-bond donors (Lipinski definition) is 1. The van der Waals surface area contributed by atoms with Gasteiger partial charge in [0.15, 0.2) is 0 Å². The Morgan fingerprint density at radius 3 is 2.61 bits per heavy atom. The number of aliphatic carboxylic acids is 1. The van der Waals surface area contributed by atoms with Gasteiger partial charge in [-0.25, -0.2) is 9.97 Å². The Morgan fingerprint density at radius 1 is 1.19 bits per heavy atom. The first kappa shape index (κ1) is 20.9. The topological polar surface area (TPSA) is 77.2 Å². The van der Waals surface area contributed by atoms with Crippen LogP contribution in [-0.4, -0.2) is 25.6 Å². The first-order valence-electron chi connectivity index (χ1n) is 9.14. The summed E-state index contributed by atoms with van der Waals surface area (Å²) in [5, 5.41) is 9.56. The number of carboxylic acids is 1. The fraction of sp³-hybridized carbons (Fsp3) is 0.190. The van der Waals surface area contributed by atoms with E-state index in [-0.39, 0.29) is 13.2 Å². The highest BCUT2D eigenvalue weighted by atomic mass is 32.1. The normalized spacial score (nSPS) is 11.7. The van der Waals surface area contributed by atoms with Crippen LogP contribution in [0, 0.1) is 6.92 Å². The summed E-state index contributed by atoms with van der Waals surface area (Å²) >= 11 is 1.36. The summed E-state index contributed by atoms with van der Waals surface area (Å²) in [6, 6.07) is 10.1. The fourth-order valence-corrected chi connectivity index (χ4v) is 4.02. The minimum Gasteiger partial charge on any atom is -0.488 e. The highest BCUT2D eigenvalue weighted by Crippen LogP contribution is 2.33. The van der Waals surface area contributed by atoms with E-state index in [9.17, 15) is 18.0 Å². The molecule has 2 aromatic carbocycles. The molecule has 0 radical (unpaired) electrons. The quantitative estimate of drug-likeness (QED) is 0.442. The van der Waals surface area contributed by atoms with Crippen molar-refractivity contribution in [2.45, 2.75) is 26.3 Å². The molecule has 1 N–H and O–H groups in total. The zero-order chi connectivity index (χ0) is 22.2. The number of benzene rings is 2. The molecule has 0 saturated carbocycles. The number of alkyl halides is 3. The minimum absolute atomic E-state index is 0.177. The summed E-state index contributed by atoms with van der Waals surface area (Å²) in [5.74, 6) is -0.388. The standard InChI is InChI=1S/C21H16F3N3O3S/c1-12-18(31-20(26-12)13-2-4-14(5-3-13)21(22,23)24)10-30-15-6-7-17-16(8-15)25-11-27(17)9-19(28)29/h2-8,11H,9-10H2,1H3,(H,28,29). The van der Waals surface area contributed by atoms with Crippen LogP contribution in [0.5, 0.6) is 5.75 Å². The molecule has 2 aromatic heterocycles. The van der Waals surface area contributed by atoms with E-state index in [4.69, 9.17) is 9.84 Å². The Kier molecular flexibility index (Phi) is 5.40. The molecule has 0 saturated heterocycles. The largest absolute Gasteiger partial charge is 0.488 e. The molecule has 160 valence electrons. The number of nitrogens with zero attached hydrogens (tertiary/aromatic N) is 3. The van der Waals surface area contributed by atoms with Gasteiger partial charge >= 0.3 is 12.1 Å². The summed E-state index contributed by atoms with van der Waals surface area (Å²) < 4.78 is 45.6. The number of fused-ring (bicyclic) bond motifs is 1. The smallest absolute Gasteiger partial charge is 0.416 e. The zero-order valence-corrected chi connectivity index (χ0v) is 17.0. The number of rotatable bonds is 6. The molecular weight excluding hydrogens is 431 g/mol. The van der Waals surface area contributed by atoms with Crippen molar-refractivity contribution in [1.82, 2.24) is 14.5 Å². The third-order valence-electron chi connectivity index (χ3n) is 4.62. The van der Waals surface area contributed by atoms with Gasteiger partial charge in [-0.3, -0.25) is 4.79 Å². The van der Waals surface area contributed by atoms with E-state index >= 15 is 0 Å².